The Bertz CT molecular complexity index is 629. The average molecular weight is 238 g/mol. The lowest BCUT2D eigenvalue weighted by atomic mass is 10.0. The Morgan fingerprint density at radius 3 is 3.11 bits per heavy atom. The zero-order valence-electron chi connectivity index (χ0n) is 10.0. The summed E-state index contributed by atoms with van der Waals surface area (Å²) in [5, 5.41) is 11.2. The number of nitrogens with two attached hydrogens (primary N) is 1. The lowest BCUT2D eigenvalue weighted by Gasteiger charge is -2.19. The fourth-order valence-electron chi connectivity index (χ4n) is 2.66. The number of likely N-dealkylation sites (tertiary alicyclic amines) is 1. The van der Waals surface area contributed by atoms with Gasteiger partial charge in [0.1, 0.15) is 5.82 Å². The molecule has 4 heteroatoms. The van der Waals surface area contributed by atoms with Crippen molar-refractivity contribution in [2.45, 2.75) is 18.9 Å². The summed E-state index contributed by atoms with van der Waals surface area (Å²) in [6.45, 7) is 0.859. The van der Waals surface area contributed by atoms with Crippen LogP contribution in [0.2, 0.25) is 0 Å². The smallest absolute Gasteiger partial charge is 0.179 e. The molecule has 1 saturated heterocycles. The van der Waals surface area contributed by atoms with Crippen LogP contribution in [0.25, 0.3) is 10.8 Å². The molecule has 1 aliphatic rings. The van der Waals surface area contributed by atoms with Crippen molar-refractivity contribution in [3.8, 4) is 6.19 Å². The number of hydrogen-bond donors (Lipinski definition) is 1. The lowest BCUT2D eigenvalue weighted by Crippen LogP contribution is -2.16. The number of hydrogen-bond acceptors (Lipinski definition) is 4. The molecule has 1 fully saturated rings. The Kier molecular flexibility index (Phi) is 2.52. The van der Waals surface area contributed by atoms with Gasteiger partial charge in [0.05, 0.1) is 6.04 Å². The summed E-state index contributed by atoms with van der Waals surface area (Å²) >= 11 is 0. The van der Waals surface area contributed by atoms with E-state index in [-0.39, 0.29) is 6.04 Å². The SMILES string of the molecule is N#CN1CCCC1c1ccc2c(N)nccc2c1. The minimum absolute atomic E-state index is 0.216. The average Bonchev–Trinajstić information content (AvgIpc) is 2.87. The first-order valence-corrected chi connectivity index (χ1v) is 6.10. The van der Waals surface area contributed by atoms with Gasteiger partial charge < -0.3 is 10.6 Å². The van der Waals surface area contributed by atoms with Crippen LogP contribution in [0, 0.1) is 11.5 Å². The van der Waals surface area contributed by atoms with Gasteiger partial charge in [-0.15, -0.1) is 0 Å². The van der Waals surface area contributed by atoms with Gasteiger partial charge in [-0.05, 0) is 35.9 Å². The molecule has 2 heterocycles. The highest BCUT2D eigenvalue weighted by atomic mass is 15.2. The lowest BCUT2D eigenvalue weighted by molar-refractivity contribution is 0.374. The van der Waals surface area contributed by atoms with Crippen LogP contribution in [0.4, 0.5) is 5.82 Å². The number of fused-ring (bicyclic) bond motifs is 1. The molecule has 1 aliphatic heterocycles. The van der Waals surface area contributed by atoms with E-state index in [9.17, 15) is 0 Å². The van der Waals surface area contributed by atoms with E-state index in [1.54, 1.807) is 6.20 Å². The summed E-state index contributed by atoms with van der Waals surface area (Å²) in [5.41, 5.74) is 7.03. The van der Waals surface area contributed by atoms with E-state index in [1.165, 1.54) is 5.56 Å². The molecule has 0 spiro atoms. The molecule has 1 aromatic carbocycles. The summed E-state index contributed by atoms with van der Waals surface area (Å²) in [6.07, 6.45) is 6.11. The van der Waals surface area contributed by atoms with Crippen LogP contribution in [0.5, 0.6) is 0 Å². The van der Waals surface area contributed by atoms with E-state index in [0.29, 0.717) is 5.82 Å². The third-order valence-electron chi connectivity index (χ3n) is 3.59. The number of anilines is 1. The summed E-state index contributed by atoms with van der Waals surface area (Å²) in [7, 11) is 0. The molecule has 4 nitrogen and oxygen atoms in total. The van der Waals surface area contributed by atoms with Gasteiger partial charge >= 0.3 is 0 Å². The quantitative estimate of drug-likeness (QED) is 0.775. The van der Waals surface area contributed by atoms with Crippen LogP contribution in [0.3, 0.4) is 0 Å². The number of nitrogen functional groups attached to an aromatic ring is 1. The fraction of sp³-hybridized carbons (Fsp3) is 0.286. The Morgan fingerprint density at radius 2 is 2.28 bits per heavy atom. The predicted octanol–water partition coefficient (Wildman–Crippen LogP) is 2.43. The normalized spacial score (nSPS) is 19.1. The number of nitriles is 1. The molecule has 0 bridgehead atoms. The van der Waals surface area contributed by atoms with Crippen molar-refractivity contribution >= 4 is 16.6 Å². The van der Waals surface area contributed by atoms with Crippen molar-refractivity contribution in [3.63, 3.8) is 0 Å². The molecule has 0 aliphatic carbocycles. The van der Waals surface area contributed by atoms with Gasteiger partial charge in [0.15, 0.2) is 6.19 Å². The molecule has 18 heavy (non-hydrogen) atoms. The van der Waals surface area contributed by atoms with Gasteiger partial charge in [0.25, 0.3) is 0 Å². The zero-order valence-corrected chi connectivity index (χ0v) is 10.0. The van der Waals surface area contributed by atoms with Crippen LogP contribution in [0.1, 0.15) is 24.4 Å². The van der Waals surface area contributed by atoms with Crippen molar-refractivity contribution in [1.82, 2.24) is 9.88 Å². The second-order valence-corrected chi connectivity index (χ2v) is 4.63. The first-order chi connectivity index (χ1) is 8.79. The molecule has 1 atom stereocenters. The van der Waals surface area contributed by atoms with Crippen LogP contribution >= 0.6 is 0 Å². The van der Waals surface area contributed by atoms with Crippen molar-refractivity contribution in [1.29, 1.82) is 5.26 Å². The minimum atomic E-state index is 0.216. The Morgan fingerprint density at radius 1 is 1.39 bits per heavy atom. The third kappa shape index (κ3) is 1.65. The second kappa shape index (κ2) is 4.19. The van der Waals surface area contributed by atoms with Crippen LogP contribution in [0.15, 0.2) is 30.5 Å². The van der Waals surface area contributed by atoms with Crippen molar-refractivity contribution in [3.05, 3.63) is 36.0 Å². The van der Waals surface area contributed by atoms with E-state index in [4.69, 9.17) is 11.0 Å². The molecular formula is C14H14N4. The maximum Gasteiger partial charge on any atom is 0.179 e. The minimum Gasteiger partial charge on any atom is -0.383 e. The summed E-state index contributed by atoms with van der Waals surface area (Å²) < 4.78 is 0. The standard InChI is InChI=1S/C14H14N4/c15-9-18-7-1-2-13(18)11-3-4-12-10(8-11)5-6-17-14(12)16/h3-6,8,13H,1-2,7H2,(H2,16,17). The summed E-state index contributed by atoms with van der Waals surface area (Å²) in [5.74, 6) is 0.558. The van der Waals surface area contributed by atoms with Gasteiger partial charge in [-0.25, -0.2) is 4.98 Å². The Labute approximate surface area is 106 Å². The van der Waals surface area contributed by atoms with Gasteiger partial charge in [-0.2, -0.15) is 5.26 Å². The van der Waals surface area contributed by atoms with E-state index >= 15 is 0 Å². The molecule has 2 aromatic rings. The third-order valence-corrected chi connectivity index (χ3v) is 3.59. The molecule has 1 unspecified atom stereocenters. The molecule has 0 radical (unpaired) electrons. The Balaban J connectivity index is 2.06. The molecule has 0 saturated carbocycles. The van der Waals surface area contributed by atoms with Crippen LogP contribution in [-0.2, 0) is 0 Å². The monoisotopic (exact) mass is 238 g/mol. The summed E-state index contributed by atoms with van der Waals surface area (Å²) in [6, 6.07) is 8.35. The van der Waals surface area contributed by atoms with Crippen molar-refractivity contribution < 1.29 is 0 Å². The first kappa shape index (κ1) is 10.8. The number of benzene rings is 1. The van der Waals surface area contributed by atoms with E-state index < -0.39 is 0 Å². The highest BCUT2D eigenvalue weighted by Crippen LogP contribution is 2.33. The van der Waals surface area contributed by atoms with E-state index in [2.05, 4.69) is 23.3 Å². The van der Waals surface area contributed by atoms with Crippen LogP contribution < -0.4 is 5.73 Å². The largest absolute Gasteiger partial charge is 0.383 e. The number of aromatic nitrogens is 1. The Hall–Kier alpha value is -2.28. The van der Waals surface area contributed by atoms with Gasteiger partial charge in [0, 0.05) is 18.1 Å². The van der Waals surface area contributed by atoms with Gasteiger partial charge in [-0.1, -0.05) is 12.1 Å². The van der Waals surface area contributed by atoms with Crippen molar-refractivity contribution in [2.24, 2.45) is 0 Å². The zero-order chi connectivity index (χ0) is 12.5. The highest BCUT2D eigenvalue weighted by Gasteiger charge is 2.24. The van der Waals surface area contributed by atoms with Gasteiger partial charge in [0.2, 0.25) is 0 Å². The van der Waals surface area contributed by atoms with E-state index in [1.807, 2.05) is 17.0 Å². The number of nitrogens with zero attached hydrogens (tertiary/aromatic N) is 3. The molecule has 90 valence electrons. The highest BCUT2D eigenvalue weighted by molar-refractivity contribution is 5.91. The van der Waals surface area contributed by atoms with Crippen LogP contribution in [-0.4, -0.2) is 16.4 Å². The maximum absolute atomic E-state index is 9.10. The molecule has 2 N–H and O–H groups in total. The number of pyridine rings is 1. The molecular weight excluding hydrogens is 224 g/mol. The predicted molar refractivity (Wildman–Crippen MR) is 70.4 cm³/mol. The topological polar surface area (TPSA) is 65.9 Å². The summed E-state index contributed by atoms with van der Waals surface area (Å²) in [4.78, 5) is 5.93. The first-order valence-electron chi connectivity index (χ1n) is 6.10. The van der Waals surface area contributed by atoms with Gasteiger partial charge in [-0.3, -0.25) is 0 Å². The number of rotatable bonds is 1. The van der Waals surface area contributed by atoms with E-state index in [0.717, 1.165) is 30.2 Å². The molecule has 3 rings (SSSR count). The maximum atomic E-state index is 9.10. The second-order valence-electron chi connectivity index (χ2n) is 4.63. The fourth-order valence-corrected chi connectivity index (χ4v) is 2.66. The molecule has 0 amide bonds. The molecule has 1 aromatic heterocycles. The van der Waals surface area contributed by atoms with Crippen molar-refractivity contribution in [2.75, 3.05) is 12.3 Å².